The number of aryl methyl sites for hydroxylation is 4. The first-order valence-electron chi connectivity index (χ1n) is 8.44. The fraction of sp³-hybridized carbons (Fsp3) is 0.316. The molecule has 2 heterocycles. The molecule has 0 unspecified atom stereocenters. The smallest absolute Gasteiger partial charge is 0.250 e. The summed E-state index contributed by atoms with van der Waals surface area (Å²) in [5.74, 6) is 0.599. The van der Waals surface area contributed by atoms with Gasteiger partial charge in [0, 0.05) is 18.3 Å². The second kappa shape index (κ2) is 7.34. The topological polar surface area (TPSA) is 64.7 Å². The minimum absolute atomic E-state index is 0.104. The van der Waals surface area contributed by atoms with Crippen LogP contribution >= 0.6 is 0 Å². The van der Waals surface area contributed by atoms with E-state index in [1.807, 2.05) is 55.8 Å². The van der Waals surface area contributed by atoms with Crippen LogP contribution in [-0.2, 0) is 17.8 Å². The van der Waals surface area contributed by atoms with Gasteiger partial charge in [0.1, 0.15) is 11.9 Å². The van der Waals surface area contributed by atoms with E-state index in [-0.39, 0.29) is 11.9 Å². The Labute approximate surface area is 147 Å². The highest BCUT2D eigenvalue weighted by molar-refractivity contribution is 5.92. The molecule has 0 aliphatic rings. The highest BCUT2D eigenvalue weighted by atomic mass is 16.2. The number of anilines is 1. The van der Waals surface area contributed by atoms with Crippen molar-refractivity contribution in [3.05, 3.63) is 65.6 Å². The Morgan fingerprint density at radius 3 is 2.64 bits per heavy atom. The lowest BCUT2D eigenvalue weighted by Crippen LogP contribution is -2.26. The van der Waals surface area contributed by atoms with Crippen molar-refractivity contribution in [2.75, 3.05) is 5.32 Å². The highest BCUT2D eigenvalue weighted by Gasteiger charge is 2.19. The van der Waals surface area contributed by atoms with Gasteiger partial charge in [-0.05, 0) is 38.8 Å². The molecule has 0 saturated heterocycles. The first-order chi connectivity index (χ1) is 12.0. The summed E-state index contributed by atoms with van der Waals surface area (Å²) in [6.07, 6.45) is 2.56. The quantitative estimate of drug-likeness (QED) is 0.751. The number of amides is 1. The molecule has 0 aliphatic carbocycles. The maximum Gasteiger partial charge on any atom is 0.250 e. The summed E-state index contributed by atoms with van der Waals surface area (Å²) in [5, 5.41) is 11.7. The van der Waals surface area contributed by atoms with Crippen LogP contribution in [0.4, 0.5) is 5.82 Å². The average Bonchev–Trinajstić information content (AvgIpc) is 3.18. The van der Waals surface area contributed by atoms with Gasteiger partial charge in [0.25, 0.3) is 0 Å². The van der Waals surface area contributed by atoms with Crippen LogP contribution in [-0.4, -0.2) is 25.5 Å². The summed E-state index contributed by atoms with van der Waals surface area (Å²) in [5.41, 5.74) is 3.12. The zero-order chi connectivity index (χ0) is 17.8. The van der Waals surface area contributed by atoms with E-state index in [9.17, 15) is 4.79 Å². The van der Waals surface area contributed by atoms with Crippen LogP contribution in [0.25, 0.3) is 0 Å². The third-order valence-electron chi connectivity index (χ3n) is 4.21. The van der Waals surface area contributed by atoms with E-state index < -0.39 is 0 Å². The lowest BCUT2D eigenvalue weighted by molar-refractivity contribution is -0.119. The zero-order valence-electron chi connectivity index (χ0n) is 14.8. The number of rotatable bonds is 6. The molecule has 6 heteroatoms. The van der Waals surface area contributed by atoms with Gasteiger partial charge in [-0.25, -0.2) is 4.68 Å². The SMILES string of the molecule is Cc1cc(C)n([C@H](C)C(=O)Nc2ccnn2CCc2ccccc2)n1. The lowest BCUT2D eigenvalue weighted by Gasteiger charge is -2.15. The summed E-state index contributed by atoms with van der Waals surface area (Å²) in [6.45, 7) is 6.43. The number of nitrogens with one attached hydrogen (secondary N) is 1. The van der Waals surface area contributed by atoms with Crippen LogP contribution in [0.5, 0.6) is 0 Å². The number of benzene rings is 1. The predicted molar refractivity (Wildman–Crippen MR) is 97.4 cm³/mol. The van der Waals surface area contributed by atoms with Crippen molar-refractivity contribution in [3.63, 3.8) is 0 Å². The van der Waals surface area contributed by atoms with Gasteiger partial charge in [-0.3, -0.25) is 9.48 Å². The maximum absolute atomic E-state index is 12.6. The standard InChI is InChI=1S/C19H23N5O/c1-14-13-15(2)24(22-14)16(3)19(25)21-18-9-11-20-23(18)12-10-17-7-5-4-6-8-17/h4-9,11,13,16H,10,12H2,1-3H3,(H,21,25)/t16-/m1/s1. The van der Waals surface area contributed by atoms with Crippen LogP contribution < -0.4 is 5.32 Å². The van der Waals surface area contributed by atoms with E-state index in [1.165, 1.54) is 5.56 Å². The molecule has 0 saturated carbocycles. The molecule has 0 aliphatic heterocycles. The summed E-state index contributed by atoms with van der Waals surface area (Å²) in [6, 6.07) is 13.6. The molecule has 1 N–H and O–H groups in total. The lowest BCUT2D eigenvalue weighted by atomic mass is 10.1. The van der Waals surface area contributed by atoms with E-state index in [1.54, 1.807) is 10.9 Å². The number of carbonyl (C=O) groups excluding carboxylic acids is 1. The largest absolute Gasteiger partial charge is 0.309 e. The molecule has 1 atom stereocenters. The summed E-state index contributed by atoms with van der Waals surface area (Å²) < 4.78 is 3.56. The van der Waals surface area contributed by atoms with Gasteiger partial charge in [0.05, 0.1) is 11.9 Å². The Morgan fingerprint density at radius 2 is 1.96 bits per heavy atom. The van der Waals surface area contributed by atoms with Crippen molar-refractivity contribution < 1.29 is 4.79 Å². The molecule has 1 amide bonds. The van der Waals surface area contributed by atoms with Crippen molar-refractivity contribution in [1.29, 1.82) is 0 Å². The third-order valence-corrected chi connectivity index (χ3v) is 4.21. The molecule has 3 aromatic rings. The first kappa shape index (κ1) is 17.0. The van der Waals surface area contributed by atoms with Gasteiger partial charge < -0.3 is 5.32 Å². The molecule has 0 bridgehead atoms. The zero-order valence-corrected chi connectivity index (χ0v) is 14.8. The molecule has 130 valence electrons. The molecular weight excluding hydrogens is 314 g/mol. The summed E-state index contributed by atoms with van der Waals surface area (Å²) >= 11 is 0. The molecular formula is C19H23N5O. The van der Waals surface area contributed by atoms with Gasteiger partial charge in [-0.2, -0.15) is 10.2 Å². The number of aromatic nitrogens is 4. The monoisotopic (exact) mass is 337 g/mol. The molecule has 25 heavy (non-hydrogen) atoms. The van der Waals surface area contributed by atoms with E-state index in [0.29, 0.717) is 12.4 Å². The van der Waals surface area contributed by atoms with E-state index >= 15 is 0 Å². The molecule has 6 nitrogen and oxygen atoms in total. The summed E-state index contributed by atoms with van der Waals surface area (Å²) in [4.78, 5) is 12.6. The minimum atomic E-state index is -0.383. The molecule has 0 radical (unpaired) electrons. The Hall–Kier alpha value is -2.89. The number of carbonyl (C=O) groups is 1. The Balaban J connectivity index is 1.66. The molecule has 1 aromatic carbocycles. The average molecular weight is 337 g/mol. The van der Waals surface area contributed by atoms with Gasteiger partial charge in [0.15, 0.2) is 0 Å². The Bertz CT molecular complexity index is 850. The third kappa shape index (κ3) is 3.96. The molecule has 3 rings (SSSR count). The minimum Gasteiger partial charge on any atom is -0.309 e. The molecule has 2 aromatic heterocycles. The second-order valence-electron chi connectivity index (χ2n) is 6.21. The van der Waals surface area contributed by atoms with Gasteiger partial charge >= 0.3 is 0 Å². The Morgan fingerprint density at radius 1 is 1.20 bits per heavy atom. The van der Waals surface area contributed by atoms with Crippen molar-refractivity contribution in [3.8, 4) is 0 Å². The van der Waals surface area contributed by atoms with E-state index in [2.05, 4.69) is 27.6 Å². The predicted octanol–water partition coefficient (Wildman–Crippen LogP) is 3.14. The fourth-order valence-corrected chi connectivity index (χ4v) is 2.88. The molecule has 0 spiro atoms. The van der Waals surface area contributed by atoms with Gasteiger partial charge in [-0.15, -0.1) is 0 Å². The fourth-order valence-electron chi connectivity index (χ4n) is 2.88. The van der Waals surface area contributed by atoms with Crippen LogP contribution in [0.15, 0.2) is 48.7 Å². The number of hydrogen-bond donors (Lipinski definition) is 1. The van der Waals surface area contributed by atoms with Crippen molar-refractivity contribution in [2.45, 2.75) is 39.8 Å². The number of nitrogens with zero attached hydrogens (tertiary/aromatic N) is 4. The van der Waals surface area contributed by atoms with Crippen LogP contribution in [0.2, 0.25) is 0 Å². The second-order valence-corrected chi connectivity index (χ2v) is 6.21. The van der Waals surface area contributed by atoms with Gasteiger partial charge in [-0.1, -0.05) is 30.3 Å². The van der Waals surface area contributed by atoms with E-state index in [4.69, 9.17) is 0 Å². The van der Waals surface area contributed by atoms with Crippen molar-refractivity contribution in [2.24, 2.45) is 0 Å². The Kier molecular flexibility index (Phi) is 4.97. The van der Waals surface area contributed by atoms with Gasteiger partial charge in [0.2, 0.25) is 5.91 Å². The van der Waals surface area contributed by atoms with Crippen molar-refractivity contribution in [1.82, 2.24) is 19.6 Å². The highest BCUT2D eigenvalue weighted by Crippen LogP contribution is 2.15. The van der Waals surface area contributed by atoms with E-state index in [0.717, 1.165) is 17.8 Å². The number of hydrogen-bond acceptors (Lipinski definition) is 3. The summed E-state index contributed by atoms with van der Waals surface area (Å²) in [7, 11) is 0. The van der Waals surface area contributed by atoms with Crippen LogP contribution in [0.1, 0.15) is 29.9 Å². The normalized spacial score (nSPS) is 12.1. The molecule has 0 fully saturated rings. The van der Waals surface area contributed by atoms with Crippen LogP contribution in [0.3, 0.4) is 0 Å². The van der Waals surface area contributed by atoms with Crippen LogP contribution in [0, 0.1) is 13.8 Å². The van der Waals surface area contributed by atoms with Crippen molar-refractivity contribution >= 4 is 11.7 Å². The first-order valence-corrected chi connectivity index (χ1v) is 8.44. The maximum atomic E-state index is 12.6.